The zero-order chi connectivity index (χ0) is 26.1. The van der Waals surface area contributed by atoms with Crippen LogP contribution in [-0.2, 0) is 20.8 Å². The van der Waals surface area contributed by atoms with E-state index in [2.05, 4.69) is 76.0 Å². The molecule has 8 nitrogen and oxygen atoms in total. The van der Waals surface area contributed by atoms with Gasteiger partial charge in [0, 0.05) is 25.0 Å². The molecule has 0 aromatic carbocycles. The largest absolute Gasteiger partial charge is 0.480 e. The molecule has 3 atom stereocenters. The van der Waals surface area contributed by atoms with Crippen molar-refractivity contribution in [3.8, 4) is 0 Å². The van der Waals surface area contributed by atoms with Crippen LogP contribution in [0.4, 0.5) is 0 Å². The van der Waals surface area contributed by atoms with E-state index >= 15 is 0 Å². The van der Waals surface area contributed by atoms with Gasteiger partial charge in [-0.05, 0) is 36.0 Å². The lowest BCUT2D eigenvalue weighted by atomic mass is 9.83. The molecule has 0 saturated heterocycles. The summed E-state index contributed by atoms with van der Waals surface area (Å²) in [5.74, 6) is -0.317. The number of carbonyl (C=O) groups excluding carboxylic acids is 2. The average Bonchev–Trinajstić information content (AvgIpc) is 3.12. The fourth-order valence-corrected chi connectivity index (χ4v) is 4.43. The second-order valence-corrected chi connectivity index (χ2v) is 12.1. The molecule has 4 N–H and O–H groups in total. The van der Waals surface area contributed by atoms with Gasteiger partial charge in [0.05, 0.1) is 12.2 Å². The van der Waals surface area contributed by atoms with Gasteiger partial charge in [0.1, 0.15) is 11.9 Å². The predicted molar refractivity (Wildman–Crippen MR) is 134 cm³/mol. The van der Waals surface area contributed by atoms with E-state index in [4.69, 9.17) is 0 Å². The predicted octanol–water partition coefficient (Wildman–Crippen LogP) is 4.42. The Balaban J connectivity index is 2.47. The van der Waals surface area contributed by atoms with Crippen molar-refractivity contribution in [3.05, 3.63) is 17.7 Å². The van der Waals surface area contributed by atoms with Crippen LogP contribution in [-0.4, -0.2) is 45.4 Å². The summed E-state index contributed by atoms with van der Waals surface area (Å²) in [7, 11) is 0. The minimum absolute atomic E-state index is 0.0689. The van der Waals surface area contributed by atoms with Crippen LogP contribution < -0.4 is 10.6 Å². The Labute approximate surface area is 205 Å². The number of carboxylic acid groups (broad SMARTS) is 1. The maximum absolute atomic E-state index is 12.2. The molecule has 0 aliphatic carbocycles. The maximum atomic E-state index is 12.2. The second-order valence-electron chi connectivity index (χ2n) is 12.1. The van der Waals surface area contributed by atoms with Crippen molar-refractivity contribution in [1.29, 1.82) is 0 Å². The average molecular weight is 479 g/mol. The van der Waals surface area contributed by atoms with E-state index < -0.39 is 17.9 Å². The van der Waals surface area contributed by atoms with Crippen LogP contribution in [0.1, 0.15) is 105 Å². The Kier molecular flexibility index (Phi) is 11.3. The summed E-state index contributed by atoms with van der Waals surface area (Å²) in [5, 5.41) is 14.6. The number of aliphatic carboxylic acids is 1. The first-order valence-electron chi connectivity index (χ1n) is 12.4. The molecule has 3 unspecified atom stereocenters. The summed E-state index contributed by atoms with van der Waals surface area (Å²) >= 11 is 0. The van der Waals surface area contributed by atoms with Crippen LogP contribution in [0, 0.1) is 16.7 Å². The van der Waals surface area contributed by atoms with Crippen molar-refractivity contribution in [2.75, 3.05) is 6.54 Å². The summed E-state index contributed by atoms with van der Waals surface area (Å²) in [6, 6.07) is -1.11. The smallest absolute Gasteiger partial charge is 0.326 e. The number of aromatic amines is 1. The van der Waals surface area contributed by atoms with Gasteiger partial charge in [0.2, 0.25) is 11.8 Å². The van der Waals surface area contributed by atoms with Crippen LogP contribution in [0.5, 0.6) is 0 Å². The molecule has 2 amide bonds. The number of hydrogen-bond donors (Lipinski definition) is 4. The molecule has 1 aromatic rings. The van der Waals surface area contributed by atoms with E-state index in [1.165, 1.54) is 0 Å². The molecule has 0 radical (unpaired) electrons. The van der Waals surface area contributed by atoms with E-state index in [1.54, 1.807) is 6.20 Å². The first-order valence-corrected chi connectivity index (χ1v) is 12.4. The van der Waals surface area contributed by atoms with Crippen molar-refractivity contribution in [2.24, 2.45) is 16.7 Å². The summed E-state index contributed by atoms with van der Waals surface area (Å²) in [4.78, 5) is 43.6. The van der Waals surface area contributed by atoms with Gasteiger partial charge in [-0.2, -0.15) is 0 Å². The number of H-pyrrole nitrogens is 1. The highest BCUT2D eigenvalue weighted by atomic mass is 16.4. The van der Waals surface area contributed by atoms with Crippen LogP contribution >= 0.6 is 0 Å². The standard InChI is InChI=1S/C26H46N4O4/c1-17(13-25(3,4)5)10-9-11-21(31)27-16-22(32)30-20(24(33)34)12-19-15-28-23(29-19)18(2)14-26(6,7)8/h15,17-18,20H,9-14,16H2,1-8H3,(H,27,31)(H,28,29)(H,30,32)(H,33,34). The third-order valence-electron chi connectivity index (χ3n) is 5.59. The van der Waals surface area contributed by atoms with E-state index in [9.17, 15) is 19.5 Å². The molecule has 0 aliphatic heterocycles. The Morgan fingerprint density at radius 3 is 2.21 bits per heavy atom. The van der Waals surface area contributed by atoms with Gasteiger partial charge >= 0.3 is 5.97 Å². The molecule has 194 valence electrons. The first kappa shape index (κ1) is 29.7. The topological polar surface area (TPSA) is 124 Å². The van der Waals surface area contributed by atoms with Crippen LogP contribution in [0.2, 0.25) is 0 Å². The van der Waals surface area contributed by atoms with Gasteiger partial charge in [0.25, 0.3) is 0 Å². The molecular formula is C26H46N4O4. The number of aromatic nitrogens is 2. The molecule has 1 aromatic heterocycles. The fraction of sp³-hybridized carbons (Fsp3) is 0.769. The first-order chi connectivity index (χ1) is 15.6. The van der Waals surface area contributed by atoms with Gasteiger partial charge in [-0.15, -0.1) is 0 Å². The second kappa shape index (κ2) is 12.9. The number of rotatable bonds is 13. The highest BCUT2D eigenvalue weighted by Gasteiger charge is 2.24. The quantitative estimate of drug-likeness (QED) is 0.334. The molecule has 34 heavy (non-hydrogen) atoms. The number of nitrogens with zero attached hydrogens (tertiary/aromatic N) is 1. The highest BCUT2D eigenvalue weighted by molar-refractivity contribution is 5.87. The van der Waals surface area contributed by atoms with Crippen LogP contribution in [0.25, 0.3) is 0 Å². The van der Waals surface area contributed by atoms with Gasteiger partial charge in [-0.25, -0.2) is 9.78 Å². The van der Waals surface area contributed by atoms with E-state index in [0.29, 0.717) is 18.0 Å². The summed E-state index contributed by atoms with van der Waals surface area (Å²) in [6.07, 6.45) is 5.87. The molecule has 8 heteroatoms. The minimum atomic E-state index is -1.14. The van der Waals surface area contributed by atoms with E-state index in [0.717, 1.165) is 31.5 Å². The normalized spacial score (nSPS) is 14.8. The SMILES string of the molecule is CC(CCCC(=O)NCC(=O)NC(Cc1c[nH]c(C(C)CC(C)(C)C)n1)C(=O)O)CC(C)(C)C. The lowest BCUT2D eigenvalue weighted by Crippen LogP contribution is -2.46. The number of carboxylic acids is 1. The Morgan fingerprint density at radius 1 is 1.03 bits per heavy atom. The van der Waals surface area contributed by atoms with Gasteiger partial charge in [-0.1, -0.05) is 61.8 Å². The summed E-state index contributed by atoms with van der Waals surface area (Å²) in [6.45, 7) is 17.1. The van der Waals surface area contributed by atoms with Crippen molar-refractivity contribution in [2.45, 2.75) is 106 Å². The third kappa shape index (κ3) is 12.8. The van der Waals surface area contributed by atoms with Crippen LogP contribution in [0.3, 0.4) is 0 Å². The zero-order valence-corrected chi connectivity index (χ0v) is 22.4. The zero-order valence-electron chi connectivity index (χ0n) is 22.4. The van der Waals surface area contributed by atoms with Crippen molar-refractivity contribution in [3.63, 3.8) is 0 Å². The van der Waals surface area contributed by atoms with Gasteiger partial charge in [-0.3, -0.25) is 9.59 Å². The van der Waals surface area contributed by atoms with Crippen molar-refractivity contribution in [1.82, 2.24) is 20.6 Å². The number of amides is 2. The van der Waals surface area contributed by atoms with Gasteiger partial charge < -0.3 is 20.7 Å². The Bertz CT molecular complexity index is 804. The summed E-state index contributed by atoms with van der Waals surface area (Å²) in [5.41, 5.74) is 0.999. The monoisotopic (exact) mass is 478 g/mol. The van der Waals surface area contributed by atoms with Gasteiger partial charge in [0.15, 0.2) is 0 Å². The third-order valence-corrected chi connectivity index (χ3v) is 5.59. The lowest BCUT2D eigenvalue weighted by Gasteiger charge is -2.23. The highest BCUT2D eigenvalue weighted by Crippen LogP contribution is 2.29. The molecule has 1 heterocycles. The molecule has 0 aliphatic rings. The molecule has 0 fully saturated rings. The number of hydrogen-bond acceptors (Lipinski definition) is 4. The summed E-state index contributed by atoms with van der Waals surface area (Å²) < 4.78 is 0. The molecule has 0 saturated carbocycles. The Hall–Kier alpha value is -2.38. The number of carbonyl (C=O) groups is 3. The van der Waals surface area contributed by atoms with E-state index in [-0.39, 0.29) is 35.6 Å². The molecule has 0 spiro atoms. The molecule has 0 bridgehead atoms. The minimum Gasteiger partial charge on any atom is -0.480 e. The number of imidazole rings is 1. The molecular weight excluding hydrogens is 432 g/mol. The number of nitrogens with one attached hydrogen (secondary N) is 3. The fourth-order valence-electron chi connectivity index (χ4n) is 4.43. The molecule has 1 rings (SSSR count). The van der Waals surface area contributed by atoms with Crippen LogP contribution in [0.15, 0.2) is 6.20 Å². The maximum Gasteiger partial charge on any atom is 0.326 e. The van der Waals surface area contributed by atoms with Crippen molar-refractivity contribution < 1.29 is 19.5 Å². The van der Waals surface area contributed by atoms with Crippen molar-refractivity contribution >= 4 is 17.8 Å². The van der Waals surface area contributed by atoms with E-state index in [1.807, 2.05) is 0 Å². The lowest BCUT2D eigenvalue weighted by molar-refractivity contribution is -0.141. The Morgan fingerprint density at radius 2 is 1.65 bits per heavy atom.